The van der Waals surface area contributed by atoms with E-state index in [1.807, 2.05) is 41.8 Å². The van der Waals surface area contributed by atoms with Gasteiger partial charge in [0.1, 0.15) is 11.9 Å². The monoisotopic (exact) mass is 489 g/mol. The quantitative estimate of drug-likeness (QED) is 0.328. The lowest BCUT2D eigenvalue weighted by Crippen LogP contribution is -2.47. The number of aromatic nitrogens is 1. The minimum Gasteiger partial charge on any atom is -0.361 e. The SMILES string of the molecule is O=C(NC1CCCCC1)C(c1c[nH]c2ccccc12)N(C(=O)Cc1cccs1)c1cccc(F)c1. The number of halogens is 1. The molecule has 1 unspecified atom stereocenters. The van der Waals surface area contributed by atoms with E-state index in [4.69, 9.17) is 0 Å². The van der Waals surface area contributed by atoms with Crippen molar-refractivity contribution < 1.29 is 14.0 Å². The predicted molar refractivity (Wildman–Crippen MR) is 138 cm³/mol. The van der Waals surface area contributed by atoms with Gasteiger partial charge in [0.2, 0.25) is 11.8 Å². The Kier molecular flexibility index (Phi) is 6.95. The van der Waals surface area contributed by atoms with Crippen molar-refractivity contribution in [3.63, 3.8) is 0 Å². The Morgan fingerprint density at radius 3 is 2.66 bits per heavy atom. The van der Waals surface area contributed by atoms with Crippen LogP contribution in [0.15, 0.2) is 72.2 Å². The highest BCUT2D eigenvalue weighted by atomic mass is 32.1. The number of nitrogens with zero attached hydrogens (tertiary/aromatic N) is 1. The van der Waals surface area contributed by atoms with Gasteiger partial charge in [-0.1, -0.05) is 49.6 Å². The Morgan fingerprint density at radius 1 is 1.06 bits per heavy atom. The van der Waals surface area contributed by atoms with E-state index in [-0.39, 0.29) is 24.3 Å². The first kappa shape index (κ1) is 23.3. The normalized spacial score (nSPS) is 15.1. The molecule has 180 valence electrons. The first-order valence-corrected chi connectivity index (χ1v) is 12.9. The lowest BCUT2D eigenvalue weighted by atomic mass is 9.94. The molecule has 7 heteroatoms. The number of amides is 2. The Balaban J connectivity index is 1.60. The fourth-order valence-corrected chi connectivity index (χ4v) is 5.65. The number of nitrogens with one attached hydrogen (secondary N) is 2. The number of thiophene rings is 1. The van der Waals surface area contributed by atoms with E-state index in [1.54, 1.807) is 18.3 Å². The number of anilines is 1. The molecule has 1 aliphatic rings. The molecule has 5 nitrogen and oxygen atoms in total. The van der Waals surface area contributed by atoms with E-state index < -0.39 is 11.9 Å². The van der Waals surface area contributed by atoms with Crippen LogP contribution in [0.1, 0.15) is 48.6 Å². The second kappa shape index (κ2) is 10.4. The summed E-state index contributed by atoms with van der Waals surface area (Å²) in [5.74, 6) is -0.959. The molecule has 2 N–H and O–H groups in total. The maximum atomic E-state index is 14.4. The largest absolute Gasteiger partial charge is 0.361 e. The van der Waals surface area contributed by atoms with Crippen molar-refractivity contribution >= 4 is 39.7 Å². The summed E-state index contributed by atoms with van der Waals surface area (Å²) in [7, 11) is 0. The average Bonchev–Trinajstić information content (AvgIpc) is 3.53. The first-order valence-electron chi connectivity index (χ1n) is 12.1. The molecule has 5 rings (SSSR count). The highest BCUT2D eigenvalue weighted by Gasteiger charge is 2.35. The van der Waals surface area contributed by atoms with Crippen molar-refractivity contribution in [3.8, 4) is 0 Å². The second-order valence-corrected chi connectivity index (χ2v) is 10.1. The third-order valence-electron chi connectivity index (χ3n) is 6.63. The zero-order valence-corrected chi connectivity index (χ0v) is 20.2. The van der Waals surface area contributed by atoms with E-state index in [1.165, 1.54) is 34.8 Å². The van der Waals surface area contributed by atoms with Crippen LogP contribution in [0.25, 0.3) is 10.9 Å². The molecule has 35 heavy (non-hydrogen) atoms. The van der Waals surface area contributed by atoms with Gasteiger partial charge in [-0.25, -0.2) is 4.39 Å². The summed E-state index contributed by atoms with van der Waals surface area (Å²) in [6, 6.07) is 16.6. The van der Waals surface area contributed by atoms with Crippen molar-refractivity contribution in [2.45, 2.75) is 50.6 Å². The van der Waals surface area contributed by atoms with E-state index in [2.05, 4.69) is 10.3 Å². The lowest BCUT2D eigenvalue weighted by Gasteiger charge is -2.33. The van der Waals surface area contributed by atoms with Gasteiger partial charge in [0.15, 0.2) is 0 Å². The van der Waals surface area contributed by atoms with E-state index >= 15 is 0 Å². The number of carbonyl (C=O) groups is 2. The Bertz CT molecular complexity index is 1310. The molecule has 0 radical (unpaired) electrons. The number of hydrogen-bond donors (Lipinski definition) is 2. The minimum absolute atomic E-state index is 0.0747. The molecule has 0 spiro atoms. The van der Waals surface area contributed by atoms with Gasteiger partial charge in [0.05, 0.1) is 6.42 Å². The fourth-order valence-electron chi connectivity index (χ4n) is 4.96. The van der Waals surface area contributed by atoms with Crippen LogP contribution in [-0.4, -0.2) is 22.8 Å². The number of H-pyrrole nitrogens is 1. The molecule has 1 atom stereocenters. The van der Waals surface area contributed by atoms with E-state index in [0.717, 1.165) is 41.5 Å². The van der Waals surface area contributed by atoms with Crippen LogP contribution in [0.4, 0.5) is 10.1 Å². The van der Waals surface area contributed by atoms with Crippen LogP contribution in [0, 0.1) is 5.82 Å². The summed E-state index contributed by atoms with van der Waals surface area (Å²) in [5.41, 5.74) is 1.93. The number of carbonyl (C=O) groups excluding carboxylic acids is 2. The van der Waals surface area contributed by atoms with Crippen LogP contribution >= 0.6 is 11.3 Å². The number of rotatable bonds is 7. The molecule has 0 aliphatic heterocycles. The molecular weight excluding hydrogens is 461 g/mol. The van der Waals surface area contributed by atoms with Crippen molar-refractivity contribution in [2.75, 3.05) is 4.90 Å². The number of para-hydroxylation sites is 1. The maximum absolute atomic E-state index is 14.4. The second-order valence-electron chi connectivity index (χ2n) is 9.04. The van der Waals surface area contributed by atoms with Crippen LogP contribution in [-0.2, 0) is 16.0 Å². The third-order valence-corrected chi connectivity index (χ3v) is 7.51. The molecule has 2 amide bonds. The molecule has 1 aliphatic carbocycles. The standard InChI is InChI=1S/C28H28FN3O2S/c29-19-8-6-11-21(16-19)32(26(33)17-22-12-7-15-35-22)27(28(34)31-20-9-2-1-3-10-20)24-18-30-25-14-5-4-13-23(24)25/h4-8,11-16,18,20,27,30H,1-3,9-10,17H2,(H,31,34). The van der Waals surface area contributed by atoms with Gasteiger partial charge in [-0.3, -0.25) is 14.5 Å². The molecule has 2 aromatic carbocycles. The Labute approximate surface area is 208 Å². The van der Waals surface area contributed by atoms with Crippen molar-refractivity contribution in [1.82, 2.24) is 10.3 Å². The molecule has 2 aromatic heterocycles. The maximum Gasteiger partial charge on any atom is 0.248 e. The molecule has 0 bridgehead atoms. The number of fused-ring (bicyclic) bond motifs is 1. The molecular formula is C28H28FN3O2S. The van der Waals surface area contributed by atoms with E-state index in [9.17, 15) is 14.0 Å². The van der Waals surface area contributed by atoms with E-state index in [0.29, 0.717) is 11.3 Å². The first-order chi connectivity index (χ1) is 17.1. The summed E-state index contributed by atoms with van der Waals surface area (Å²) in [5, 5.41) is 5.99. The third kappa shape index (κ3) is 5.15. The number of aromatic amines is 1. The topological polar surface area (TPSA) is 65.2 Å². The van der Waals surface area contributed by atoms with Gasteiger partial charge in [0.25, 0.3) is 0 Å². The molecule has 2 heterocycles. The molecule has 1 saturated carbocycles. The van der Waals surface area contributed by atoms with Gasteiger partial charge < -0.3 is 10.3 Å². The predicted octanol–water partition coefficient (Wildman–Crippen LogP) is 6.13. The van der Waals surface area contributed by atoms with Crippen LogP contribution in [0.3, 0.4) is 0 Å². The fraction of sp³-hybridized carbons (Fsp3) is 0.286. The lowest BCUT2D eigenvalue weighted by molar-refractivity contribution is -0.127. The highest BCUT2D eigenvalue weighted by molar-refractivity contribution is 7.10. The molecule has 0 saturated heterocycles. The number of hydrogen-bond acceptors (Lipinski definition) is 3. The van der Waals surface area contributed by atoms with Gasteiger partial charge >= 0.3 is 0 Å². The van der Waals surface area contributed by atoms with Crippen LogP contribution < -0.4 is 10.2 Å². The van der Waals surface area contributed by atoms with Gasteiger partial charge in [-0.2, -0.15) is 0 Å². The summed E-state index contributed by atoms with van der Waals surface area (Å²) in [4.78, 5) is 33.4. The van der Waals surface area contributed by atoms with Crippen LogP contribution in [0.5, 0.6) is 0 Å². The zero-order valence-electron chi connectivity index (χ0n) is 19.4. The summed E-state index contributed by atoms with van der Waals surface area (Å²) in [6.45, 7) is 0. The Morgan fingerprint density at radius 2 is 1.89 bits per heavy atom. The van der Waals surface area contributed by atoms with Crippen molar-refractivity contribution in [3.05, 3.63) is 88.5 Å². The zero-order chi connectivity index (χ0) is 24.2. The summed E-state index contributed by atoms with van der Waals surface area (Å²) < 4.78 is 14.4. The molecule has 4 aromatic rings. The van der Waals surface area contributed by atoms with Crippen molar-refractivity contribution in [2.24, 2.45) is 0 Å². The smallest absolute Gasteiger partial charge is 0.248 e. The Hall–Kier alpha value is -3.45. The highest BCUT2D eigenvalue weighted by Crippen LogP contribution is 2.34. The summed E-state index contributed by atoms with van der Waals surface area (Å²) >= 11 is 1.49. The average molecular weight is 490 g/mol. The van der Waals surface area contributed by atoms with Crippen molar-refractivity contribution in [1.29, 1.82) is 0 Å². The van der Waals surface area contributed by atoms with Crippen LogP contribution in [0.2, 0.25) is 0 Å². The van der Waals surface area contributed by atoms with Gasteiger partial charge in [-0.15, -0.1) is 11.3 Å². The van der Waals surface area contributed by atoms with Gasteiger partial charge in [-0.05, 0) is 48.6 Å². The minimum atomic E-state index is -0.942. The molecule has 1 fully saturated rings. The summed E-state index contributed by atoms with van der Waals surface area (Å²) in [6.07, 6.45) is 7.10. The number of benzene rings is 2. The van der Waals surface area contributed by atoms with Gasteiger partial charge in [0, 0.05) is 39.3 Å².